The Balaban J connectivity index is 0.00000108. The van der Waals surface area contributed by atoms with Crippen molar-refractivity contribution < 1.29 is 14.2 Å². The van der Waals surface area contributed by atoms with E-state index in [0.717, 1.165) is 53.4 Å². The summed E-state index contributed by atoms with van der Waals surface area (Å²) >= 11 is 0. The highest BCUT2D eigenvalue weighted by atomic mass is 16.5. The molecule has 0 saturated carbocycles. The van der Waals surface area contributed by atoms with Crippen molar-refractivity contribution >= 4 is 17.5 Å². The van der Waals surface area contributed by atoms with Crippen molar-refractivity contribution in [3.8, 4) is 28.5 Å². The Morgan fingerprint density at radius 2 is 1.57 bits per heavy atom. The van der Waals surface area contributed by atoms with Gasteiger partial charge in [0.1, 0.15) is 0 Å². The summed E-state index contributed by atoms with van der Waals surface area (Å²) in [4.78, 5) is 13.8. The molecule has 4 rings (SSSR count). The number of hydrogen-bond donors (Lipinski definition) is 3. The summed E-state index contributed by atoms with van der Waals surface area (Å²) in [6.07, 6.45) is 3.60. The number of ether oxygens (including phenoxy) is 3. The maximum absolute atomic E-state index is 5.42. The Morgan fingerprint density at radius 1 is 0.914 bits per heavy atom. The lowest BCUT2D eigenvalue weighted by molar-refractivity contribution is 0.282. The van der Waals surface area contributed by atoms with Crippen LogP contribution in [0.4, 0.5) is 17.5 Å². The van der Waals surface area contributed by atoms with Gasteiger partial charge in [0, 0.05) is 54.9 Å². The van der Waals surface area contributed by atoms with E-state index in [-0.39, 0.29) is 0 Å². The Labute approximate surface area is 207 Å². The van der Waals surface area contributed by atoms with Crippen LogP contribution in [0.3, 0.4) is 0 Å². The number of anilines is 2. The van der Waals surface area contributed by atoms with Gasteiger partial charge in [-0.25, -0.2) is 15.0 Å². The summed E-state index contributed by atoms with van der Waals surface area (Å²) in [5.41, 5.74) is 2.45. The monoisotopic (exact) mass is 482 g/mol. The van der Waals surface area contributed by atoms with Crippen LogP contribution in [0, 0.1) is 0 Å². The number of rotatable bonds is 7. The van der Waals surface area contributed by atoms with Gasteiger partial charge in [0.25, 0.3) is 0 Å². The van der Waals surface area contributed by atoms with Gasteiger partial charge in [0.05, 0.1) is 47.2 Å². The molecular weight excluding hydrogens is 446 g/mol. The molecule has 0 amide bonds. The average molecular weight is 483 g/mol. The third-order valence-electron chi connectivity index (χ3n) is 5.74. The normalized spacial score (nSPS) is 14.3. The molecule has 10 heteroatoms. The van der Waals surface area contributed by atoms with E-state index < -0.39 is 0 Å². The van der Waals surface area contributed by atoms with E-state index in [0.29, 0.717) is 23.2 Å². The van der Waals surface area contributed by atoms with Gasteiger partial charge in [-0.05, 0) is 26.2 Å². The van der Waals surface area contributed by atoms with E-state index in [1.807, 2.05) is 38.5 Å². The number of nitrogens with zero attached hydrogens (tertiary/aromatic N) is 4. The molecule has 0 aliphatic carbocycles. The highest BCUT2D eigenvalue weighted by Gasteiger charge is 2.28. The lowest BCUT2D eigenvalue weighted by Gasteiger charge is -2.36. The second-order valence-corrected chi connectivity index (χ2v) is 8.30. The number of pyridine rings is 1. The summed E-state index contributed by atoms with van der Waals surface area (Å²) in [6, 6.07) is 9.66. The van der Waals surface area contributed by atoms with Crippen molar-refractivity contribution in [1.29, 1.82) is 0 Å². The van der Waals surface area contributed by atoms with E-state index in [1.54, 1.807) is 27.5 Å². The zero-order chi connectivity index (χ0) is 25.3. The lowest BCUT2D eigenvalue weighted by atomic mass is 10.2. The van der Waals surface area contributed by atoms with E-state index in [4.69, 9.17) is 19.2 Å². The minimum atomic E-state index is 0.460. The number of methoxy groups -OCH3 is 3. The van der Waals surface area contributed by atoms with Crippen molar-refractivity contribution in [2.45, 2.75) is 0 Å². The molecule has 3 aromatic rings. The van der Waals surface area contributed by atoms with E-state index >= 15 is 0 Å². The van der Waals surface area contributed by atoms with Crippen LogP contribution in [0.15, 0.2) is 42.7 Å². The van der Waals surface area contributed by atoms with Crippen LogP contribution in [0.5, 0.6) is 17.2 Å². The van der Waals surface area contributed by atoms with Gasteiger partial charge < -0.3 is 30.2 Å². The molecule has 0 atom stereocenters. The highest BCUT2D eigenvalue weighted by molar-refractivity contribution is 5.67. The molecule has 0 bridgehead atoms. The predicted molar refractivity (Wildman–Crippen MR) is 140 cm³/mol. The fraction of sp³-hybridized carbons (Fsp3) is 0.400. The van der Waals surface area contributed by atoms with Gasteiger partial charge in [-0.1, -0.05) is 0 Å². The van der Waals surface area contributed by atoms with Gasteiger partial charge in [0.2, 0.25) is 17.5 Å². The van der Waals surface area contributed by atoms with Crippen LogP contribution < -0.4 is 34.6 Å². The molecule has 0 unspecified atom stereocenters. The molecule has 1 fully saturated rings. The fourth-order valence-electron chi connectivity index (χ4n) is 3.84. The number of aromatic nitrogens is 3. The largest absolute Gasteiger partial charge is 0.493 e. The first-order valence-electron chi connectivity index (χ1n) is 11.5. The van der Waals surface area contributed by atoms with Gasteiger partial charge >= 0.3 is 0 Å². The molecule has 1 aliphatic heterocycles. The standard InChI is InChI=1S/C23H29N6O3.C2H7N/c1-29(11-9-24-10-12-29)21-6-5-16(15-26-21)18-7-8-25-23(28-18)27-17-13-19(30-2)22(32-4)20(14-17)31-3;1-3-2/h5-8,13-15,24H,9-12H2,1-4H3,(H,25,27,28);3H,1-2H3/q+1;. The molecule has 1 aliphatic rings. The van der Waals surface area contributed by atoms with Crippen molar-refractivity contribution in [3.05, 3.63) is 42.7 Å². The van der Waals surface area contributed by atoms with Gasteiger partial charge in [-0.3, -0.25) is 4.48 Å². The molecule has 2 aromatic heterocycles. The van der Waals surface area contributed by atoms with Crippen LogP contribution in [-0.2, 0) is 0 Å². The maximum atomic E-state index is 5.42. The number of quaternary nitrogens is 1. The van der Waals surface area contributed by atoms with Gasteiger partial charge in [-0.2, -0.15) is 0 Å². The Hall–Kier alpha value is -3.47. The van der Waals surface area contributed by atoms with Gasteiger partial charge in [-0.15, -0.1) is 0 Å². The fourth-order valence-corrected chi connectivity index (χ4v) is 3.84. The average Bonchev–Trinajstić information content (AvgIpc) is 2.89. The van der Waals surface area contributed by atoms with Crippen LogP contribution in [-0.4, -0.2) is 83.6 Å². The number of nitrogens with one attached hydrogen (secondary N) is 3. The van der Waals surface area contributed by atoms with E-state index in [2.05, 4.69) is 45.1 Å². The van der Waals surface area contributed by atoms with Gasteiger partial charge in [0.15, 0.2) is 11.5 Å². The Morgan fingerprint density at radius 3 is 2.11 bits per heavy atom. The lowest BCUT2D eigenvalue weighted by Crippen LogP contribution is -2.57. The minimum absolute atomic E-state index is 0.460. The minimum Gasteiger partial charge on any atom is -0.493 e. The second-order valence-electron chi connectivity index (χ2n) is 8.30. The molecule has 10 nitrogen and oxygen atoms in total. The molecule has 188 valence electrons. The first kappa shape index (κ1) is 26.1. The Bertz CT molecular complexity index is 1060. The second kappa shape index (κ2) is 12.3. The van der Waals surface area contributed by atoms with Crippen molar-refractivity contribution in [1.82, 2.24) is 30.1 Å². The van der Waals surface area contributed by atoms with Crippen molar-refractivity contribution in [2.24, 2.45) is 0 Å². The van der Waals surface area contributed by atoms with Crippen LogP contribution >= 0.6 is 0 Å². The zero-order valence-electron chi connectivity index (χ0n) is 21.4. The van der Waals surface area contributed by atoms with Crippen LogP contribution in [0.1, 0.15) is 0 Å². The molecular formula is C25H36N7O3+. The molecule has 3 heterocycles. The third-order valence-corrected chi connectivity index (χ3v) is 5.74. The summed E-state index contributed by atoms with van der Waals surface area (Å²) in [6.45, 7) is 4.06. The van der Waals surface area contributed by atoms with Crippen LogP contribution in [0.25, 0.3) is 11.3 Å². The smallest absolute Gasteiger partial charge is 0.227 e. The quantitative estimate of drug-likeness (QED) is 0.439. The van der Waals surface area contributed by atoms with E-state index in [1.165, 1.54) is 0 Å². The summed E-state index contributed by atoms with van der Waals surface area (Å²) in [7, 11) is 10.7. The summed E-state index contributed by atoms with van der Waals surface area (Å²) < 4.78 is 17.1. The SMILES string of the molecule is CNC.COc1cc(Nc2nccc(-c3ccc([N+]4(C)CCNCC4)nc3)n2)cc(OC)c1OC. The molecule has 3 N–H and O–H groups in total. The number of likely N-dealkylation sites (N-methyl/N-ethyl adjacent to an activating group) is 1. The topological polar surface area (TPSA) is 102 Å². The summed E-state index contributed by atoms with van der Waals surface area (Å²) in [5, 5.41) is 9.37. The number of piperazine rings is 1. The number of benzene rings is 1. The molecule has 35 heavy (non-hydrogen) atoms. The third kappa shape index (κ3) is 6.36. The molecule has 1 saturated heterocycles. The molecule has 0 radical (unpaired) electrons. The van der Waals surface area contributed by atoms with Crippen LogP contribution in [0.2, 0.25) is 0 Å². The Kier molecular flexibility index (Phi) is 9.18. The molecule has 0 spiro atoms. The number of hydrogen-bond acceptors (Lipinski definition) is 9. The van der Waals surface area contributed by atoms with E-state index in [9.17, 15) is 0 Å². The summed E-state index contributed by atoms with van der Waals surface area (Å²) in [5.74, 6) is 3.16. The first-order valence-corrected chi connectivity index (χ1v) is 11.5. The zero-order valence-corrected chi connectivity index (χ0v) is 21.4. The first-order chi connectivity index (χ1) is 17.0. The van der Waals surface area contributed by atoms with Crippen molar-refractivity contribution in [2.75, 3.05) is 74.0 Å². The maximum Gasteiger partial charge on any atom is 0.227 e. The predicted octanol–water partition coefficient (Wildman–Crippen LogP) is 2.68. The molecule has 1 aromatic carbocycles. The van der Waals surface area contributed by atoms with Crippen molar-refractivity contribution in [3.63, 3.8) is 0 Å². The highest BCUT2D eigenvalue weighted by Crippen LogP contribution is 2.40.